The van der Waals surface area contributed by atoms with Gasteiger partial charge in [-0.1, -0.05) is 0 Å². The molecule has 0 unspecified atom stereocenters. The standard InChI is InChI=1S/C23H22FN5O3/c1-15(30)27-8-6-19-16(12-27)13-29(18-4-2-17(24)3-5-18)23(32)21(19)22(31)28-11-10-26-9-7-25-20(26)14-28/h2-5,7,9,13H,6,8,10-12,14H2,1H3. The lowest BCUT2D eigenvalue weighted by molar-refractivity contribution is -0.129. The molecule has 4 heterocycles. The van der Waals surface area contributed by atoms with E-state index in [1.807, 2.05) is 10.8 Å². The molecule has 9 heteroatoms. The van der Waals surface area contributed by atoms with Crippen LogP contribution in [0.1, 0.15) is 34.2 Å². The highest BCUT2D eigenvalue weighted by Crippen LogP contribution is 2.24. The van der Waals surface area contributed by atoms with Crippen molar-refractivity contribution in [3.8, 4) is 5.69 Å². The van der Waals surface area contributed by atoms with E-state index in [0.29, 0.717) is 50.4 Å². The summed E-state index contributed by atoms with van der Waals surface area (Å²) >= 11 is 0. The molecule has 5 rings (SSSR count). The summed E-state index contributed by atoms with van der Waals surface area (Å²) < 4.78 is 16.8. The van der Waals surface area contributed by atoms with Crippen molar-refractivity contribution in [3.05, 3.63) is 81.5 Å². The maximum absolute atomic E-state index is 13.6. The van der Waals surface area contributed by atoms with Gasteiger partial charge in [0.1, 0.15) is 17.2 Å². The molecule has 2 aliphatic heterocycles. The molecule has 0 spiro atoms. The summed E-state index contributed by atoms with van der Waals surface area (Å²) in [4.78, 5) is 46.7. The summed E-state index contributed by atoms with van der Waals surface area (Å²) in [5.41, 5.74) is 1.57. The molecule has 0 N–H and O–H groups in total. The minimum absolute atomic E-state index is 0.0640. The Morgan fingerprint density at radius 1 is 1.03 bits per heavy atom. The number of hydrogen-bond donors (Lipinski definition) is 0. The average molecular weight is 435 g/mol. The van der Waals surface area contributed by atoms with Gasteiger partial charge in [0.05, 0.1) is 6.54 Å². The van der Waals surface area contributed by atoms with Crippen molar-refractivity contribution in [2.45, 2.75) is 33.0 Å². The molecule has 0 atom stereocenters. The van der Waals surface area contributed by atoms with Gasteiger partial charge < -0.3 is 14.4 Å². The molecule has 0 saturated carbocycles. The molecule has 0 aliphatic carbocycles. The number of imidazole rings is 1. The maximum Gasteiger partial charge on any atom is 0.268 e. The highest BCUT2D eigenvalue weighted by molar-refractivity contribution is 5.96. The molecule has 32 heavy (non-hydrogen) atoms. The number of rotatable bonds is 2. The first-order chi connectivity index (χ1) is 15.4. The number of fused-ring (bicyclic) bond motifs is 2. The quantitative estimate of drug-likeness (QED) is 0.614. The minimum Gasteiger partial charge on any atom is -0.338 e. The van der Waals surface area contributed by atoms with Crippen molar-refractivity contribution in [2.24, 2.45) is 0 Å². The second-order valence-corrected chi connectivity index (χ2v) is 8.11. The molecule has 3 aromatic rings. The van der Waals surface area contributed by atoms with Crippen LogP contribution in [0, 0.1) is 5.82 Å². The van der Waals surface area contributed by atoms with E-state index in [2.05, 4.69) is 4.98 Å². The zero-order valence-corrected chi connectivity index (χ0v) is 17.6. The van der Waals surface area contributed by atoms with Crippen LogP contribution in [0.2, 0.25) is 0 Å². The number of hydrogen-bond acceptors (Lipinski definition) is 4. The Morgan fingerprint density at radius 3 is 2.56 bits per heavy atom. The molecule has 2 amide bonds. The van der Waals surface area contributed by atoms with Crippen LogP contribution in [0.15, 0.2) is 47.7 Å². The van der Waals surface area contributed by atoms with Crippen LogP contribution in [-0.2, 0) is 30.8 Å². The second kappa shape index (κ2) is 7.74. The largest absolute Gasteiger partial charge is 0.338 e. The summed E-state index contributed by atoms with van der Waals surface area (Å²) in [6, 6.07) is 5.55. The molecule has 0 radical (unpaired) electrons. The predicted octanol–water partition coefficient (Wildman–Crippen LogP) is 1.73. The number of aromatic nitrogens is 3. The Labute approximate surface area is 183 Å². The fourth-order valence-corrected chi connectivity index (χ4v) is 4.44. The molecule has 8 nitrogen and oxygen atoms in total. The van der Waals surface area contributed by atoms with Crippen LogP contribution in [-0.4, -0.2) is 48.8 Å². The Bertz CT molecular complexity index is 1280. The van der Waals surface area contributed by atoms with E-state index >= 15 is 0 Å². The molecule has 0 bridgehead atoms. The van der Waals surface area contributed by atoms with Gasteiger partial charge in [0.15, 0.2) is 0 Å². The Morgan fingerprint density at radius 2 is 1.81 bits per heavy atom. The maximum atomic E-state index is 13.6. The van der Waals surface area contributed by atoms with Crippen LogP contribution >= 0.6 is 0 Å². The van der Waals surface area contributed by atoms with E-state index in [1.54, 1.807) is 22.2 Å². The van der Waals surface area contributed by atoms with E-state index < -0.39 is 11.4 Å². The number of halogens is 1. The van der Waals surface area contributed by atoms with Gasteiger partial charge in [0, 0.05) is 57.4 Å². The van der Waals surface area contributed by atoms with Crippen molar-refractivity contribution in [1.29, 1.82) is 0 Å². The summed E-state index contributed by atoms with van der Waals surface area (Å²) in [5.74, 6) is -0.0437. The lowest BCUT2D eigenvalue weighted by Gasteiger charge is -2.32. The average Bonchev–Trinajstić information content (AvgIpc) is 3.26. The fourth-order valence-electron chi connectivity index (χ4n) is 4.44. The van der Waals surface area contributed by atoms with E-state index in [1.165, 1.54) is 35.8 Å². The number of benzene rings is 1. The highest BCUT2D eigenvalue weighted by Gasteiger charge is 2.31. The number of amides is 2. The van der Waals surface area contributed by atoms with Crippen LogP contribution in [0.5, 0.6) is 0 Å². The first kappa shape index (κ1) is 20.2. The van der Waals surface area contributed by atoms with Crippen molar-refractivity contribution in [2.75, 3.05) is 13.1 Å². The highest BCUT2D eigenvalue weighted by atomic mass is 19.1. The summed E-state index contributed by atoms with van der Waals surface area (Å²) in [7, 11) is 0. The topological polar surface area (TPSA) is 80.4 Å². The van der Waals surface area contributed by atoms with Crippen molar-refractivity contribution in [3.63, 3.8) is 0 Å². The Balaban J connectivity index is 1.62. The van der Waals surface area contributed by atoms with Gasteiger partial charge in [0.25, 0.3) is 11.5 Å². The smallest absolute Gasteiger partial charge is 0.268 e. The van der Waals surface area contributed by atoms with Gasteiger partial charge in [-0.25, -0.2) is 9.37 Å². The number of pyridine rings is 1. The van der Waals surface area contributed by atoms with Crippen LogP contribution in [0.25, 0.3) is 5.69 Å². The van der Waals surface area contributed by atoms with Gasteiger partial charge in [-0.05, 0) is 41.8 Å². The Hall–Kier alpha value is -3.75. The molecule has 0 fully saturated rings. The monoisotopic (exact) mass is 435 g/mol. The third-order valence-electron chi connectivity index (χ3n) is 6.20. The minimum atomic E-state index is -0.439. The Kier molecular flexibility index (Phi) is 4.88. The number of carbonyl (C=O) groups is 2. The molecular weight excluding hydrogens is 413 g/mol. The summed E-state index contributed by atoms with van der Waals surface area (Å²) in [6.45, 7) is 3.68. The first-order valence-corrected chi connectivity index (χ1v) is 10.5. The third-order valence-corrected chi connectivity index (χ3v) is 6.20. The first-order valence-electron chi connectivity index (χ1n) is 10.5. The number of carbonyl (C=O) groups excluding carboxylic acids is 2. The number of nitrogens with zero attached hydrogens (tertiary/aromatic N) is 5. The van der Waals surface area contributed by atoms with Gasteiger partial charge in [-0.3, -0.25) is 19.0 Å². The molecule has 0 saturated heterocycles. The third kappa shape index (κ3) is 3.39. The van der Waals surface area contributed by atoms with Gasteiger partial charge in [-0.15, -0.1) is 0 Å². The SMILES string of the molecule is CC(=O)N1CCc2c(cn(-c3ccc(F)cc3)c(=O)c2C(=O)N2CCn3ccnc3C2)C1. The van der Waals surface area contributed by atoms with E-state index in [-0.39, 0.29) is 17.4 Å². The zero-order chi connectivity index (χ0) is 22.4. The van der Waals surface area contributed by atoms with Gasteiger partial charge in [0.2, 0.25) is 5.91 Å². The van der Waals surface area contributed by atoms with E-state index in [0.717, 1.165) is 11.4 Å². The predicted molar refractivity (Wildman–Crippen MR) is 114 cm³/mol. The van der Waals surface area contributed by atoms with E-state index in [4.69, 9.17) is 0 Å². The molecule has 1 aromatic carbocycles. The molecular formula is C23H22FN5O3. The lowest BCUT2D eigenvalue weighted by Crippen LogP contribution is -2.44. The fraction of sp³-hybridized carbons (Fsp3) is 0.304. The van der Waals surface area contributed by atoms with Gasteiger partial charge in [-0.2, -0.15) is 0 Å². The zero-order valence-electron chi connectivity index (χ0n) is 17.6. The molecule has 164 valence electrons. The molecule has 2 aliphatic rings. The van der Waals surface area contributed by atoms with Crippen LogP contribution in [0.4, 0.5) is 4.39 Å². The van der Waals surface area contributed by atoms with Crippen LogP contribution in [0.3, 0.4) is 0 Å². The summed E-state index contributed by atoms with van der Waals surface area (Å²) in [5, 5.41) is 0. The van der Waals surface area contributed by atoms with Crippen molar-refractivity contribution in [1.82, 2.24) is 23.9 Å². The van der Waals surface area contributed by atoms with Crippen LogP contribution < -0.4 is 5.56 Å². The normalized spacial score (nSPS) is 15.3. The molecule has 2 aromatic heterocycles. The van der Waals surface area contributed by atoms with Crippen molar-refractivity contribution >= 4 is 11.8 Å². The van der Waals surface area contributed by atoms with Crippen molar-refractivity contribution < 1.29 is 14.0 Å². The lowest BCUT2D eigenvalue weighted by atomic mass is 9.95. The van der Waals surface area contributed by atoms with Gasteiger partial charge >= 0.3 is 0 Å². The van der Waals surface area contributed by atoms with E-state index in [9.17, 15) is 18.8 Å². The summed E-state index contributed by atoms with van der Waals surface area (Å²) in [6.07, 6.45) is 5.67. The second-order valence-electron chi connectivity index (χ2n) is 8.11.